The molecule has 4 heteroatoms. The average Bonchev–Trinajstić information content (AvgIpc) is 2.38. The van der Waals surface area contributed by atoms with Crippen molar-refractivity contribution in [3.63, 3.8) is 0 Å². The molecule has 0 bridgehead atoms. The molecule has 0 amide bonds. The number of aromatic nitrogens is 1. The first-order valence-corrected chi connectivity index (χ1v) is 4.66. The first-order chi connectivity index (χ1) is 4.84. The van der Waals surface area contributed by atoms with Crippen molar-refractivity contribution in [3.8, 4) is 0 Å². The lowest BCUT2D eigenvalue weighted by Gasteiger charge is -2.02. The van der Waals surface area contributed by atoms with E-state index in [4.69, 9.17) is 4.74 Å². The zero-order valence-electron chi connectivity index (χ0n) is 5.58. The maximum atomic E-state index is 4.95. The van der Waals surface area contributed by atoms with Crippen LogP contribution in [0, 0.1) is 0 Å². The van der Waals surface area contributed by atoms with Crippen LogP contribution in [0.3, 0.4) is 0 Å². The molecule has 1 aromatic rings. The summed E-state index contributed by atoms with van der Waals surface area (Å²) < 4.78 is 4.95. The molecule has 1 rings (SSSR count). The van der Waals surface area contributed by atoms with E-state index in [1.54, 1.807) is 24.6 Å². The van der Waals surface area contributed by atoms with E-state index in [-0.39, 0.29) is 4.83 Å². The number of nitrogens with zero attached hydrogens (tertiary/aromatic N) is 1. The largest absolute Gasteiger partial charge is 0.383 e. The fourth-order valence-corrected chi connectivity index (χ4v) is 1.91. The quantitative estimate of drug-likeness (QED) is 0.731. The highest BCUT2D eigenvalue weighted by molar-refractivity contribution is 9.09. The van der Waals surface area contributed by atoms with Gasteiger partial charge in [0, 0.05) is 18.7 Å². The molecule has 0 saturated carbocycles. The molecular weight excluding hydrogens is 214 g/mol. The molecule has 0 aliphatic heterocycles. The number of hydrogen-bond donors (Lipinski definition) is 0. The van der Waals surface area contributed by atoms with Gasteiger partial charge in [-0.1, -0.05) is 15.9 Å². The Hall–Kier alpha value is 0.0700. The number of alkyl halides is 1. The first-order valence-electron chi connectivity index (χ1n) is 2.87. The molecule has 10 heavy (non-hydrogen) atoms. The molecule has 0 N–H and O–H groups in total. The molecule has 0 fully saturated rings. The maximum Gasteiger partial charge on any atom is 0.108 e. The lowest BCUT2D eigenvalue weighted by molar-refractivity contribution is 0.201. The van der Waals surface area contributed by atoms with Gasteiger partial charge in [-0.05, 0) is 0 Å². The van der Waals surface area contributed by atoms with Crippen molar-refractivity contribution in [1.82, 2.24) is 4.98 Å². The van der Waals surface area contributed by atoms with Crippen LogP contribution in [0.2, 0.25) is 0 Å². The second-order valence-electron chi connectivity index (χ2n) is 1.79. The van der Waals surface area contributed by atoms with Crippen LogP contribution in [0.1, 0.15) is 9.83 Å². The summed E-state index contributed by atoms with van der Waals surface area (Å²) in [6.07, 6.45) is 1.80. The maximum absolute atomic E-state index is 4.95. The van der Waals surface area contributed by atoms with Gasteiger partial charge in [0.05, 0.1) is 11.4 Å². The van der Waals surface area contributed by atoms with E-state index in [2.05, 4.69) is 20.9 Å². The van der Waals surface area contributed by atoms with Gasteiger partial charge in [0.15, 0.2) is 0 Å². The highest BCUT2D eigenvalue weighted by atomic mass is 79.9. The van der Waals surface area contributed by atoms with Crippen molar-refractivity contribution in [1.29, 1.82) is 0 Å². The van der Waals surface area contributed by atoms with E-state index in [1.165, 1.54) is 0 Å². The van der Waals surface area contributed by atoms with Gasteiger partial charge in [-0.3, -0.25) is 0 Å². The average molecular weight is 222 g/mol. The van der Waals surface area contributed by atoms with Crippen molar-refractivity contribution in [3.05, 3.63) is 16.6 Å². The predicted octanol–water partition coefficient (Wildman–Crippen LogP) is 2.23. The third-order valence-corrected chi connectivity index (χ3v) is 2.92. The van der Waals surface area contributed by atoms with Crippen molar-refractivity contribution in [2.24, 2.45) is 0 Å². The molecule has 56 valence electrons. The third kappa shape index (κ3) is 2.04. The number of hydrogen-bond acceptors (Lipinski definition) is 3. The van der Waals surface area contributed by atoms with Gasteiger partial charge in [0.1, 0.15) is 5.01 Å². The van der Waals surface area contributed by atoms with E-state index < -0.39 is 0 Å². The zero-order chi connectivity index (χ0) is 7.40. The second kappa shape index (κ2) is 4.05. The number of halogens is 1. The van der Waals surface area contributed by atoms with Gasteiger partial charge in [0.2, 0.25) is 0 Å². The van der Waals surface area contributed by atoms with Gasteiger partial charge in [-0.2, -0.15) is 0 Å². The summed E-state index contributed by atoms with van der Waals surface area (Å²) in [7, 11) is 1.68. The molecular formula is C6H8BrNOS. The predicted molar refractivity (Wildman–Crippen MR) is 45.7 cm³/mol. The Morgan fingerprint density at radius 2 is 2.70 bits per heavy atom. The highest BCUT2D eigenvalue weighted by Crippen LogP contribution is 2.23. The Bertz CT molecular complexity index is 178. The Labute approximate surface area is 72.4 Å². The zero-order valence-corrected chi connectivity index (χ0v) is 7.98. The van der Waals surface area contributed by atoms with E-state index in [0.29, 0.717) is 6.61 Å². The Morgan fingerprint density at radius 1 is 1.90 bits per heavy atom. The standard InChI is InChI=1S/C6H8BrNOS/c1-9-4-5(7)6-8-2-3-10-6/h2-3,5H,4H2,1H3. The Morgan fingerprint density at radius 3 is 3.20 bits per heavy atom. The molecule has 2 nitrogen and oxygen atoms in total. The third-order valence-electron chi connectivity index (χ3n) is 1.03. The van der Waals surface area contributed by atoms with Crippen molar-refractivity contribution >= 4 is 27.3 Å². The summed E-state index contributed by atoms with van der Waals surface area (Å²) in [4.78, 5) is 4.37. The van der Waals surface area contributed by atoms with Crippen molar-refractivity contribution in [2.45, 2.75) is 4.83 Å². The lowest BCUT2D eigenvalue weighted by atomic mass is 10.5. The SMILES string of the molecule is COCC(Br)c1nccs1. The van der Waals surface area contributed by atoms with Crippen LogP contribution in [-0.4, -0.2) is 18.7 Å². The minimum atomic E-state index is 0.248. The Kier molecular flexibility index (Phi) is 3.31. The molecule has 1 aromatic heterocycles. The number of methoxy groups -OCH3 is 1. The van der Waals surface area contributed by atoms with Crippen LogP contribution in [0.15, 0.2) is 11.6 Å². The summed E-state index contributed by atoms with van der Waals surface area (Å²) in [6, 6.07) is 0. The first kappa shape index (κ1) is 8.17. The second-order valence-corrected chi connectivity index (χ2v) is 3.82. The highest BCUT2D eigenvalue weighted by Gasteiger charge is 2.07. The van der Waals surface area contributed by atoms with Crippen LogP contribution < -0.4 is 0 Å². The molecule has 1 heterocycles. The summed E-state index contributed by atoms with van der Waals surface area (Å²) in [5.74, 6) is 0. The molecule has 0 aromatic carbocycles. The lowest BCUT2D eigenvalue weighted by Crippen LogP contribution is -1.97. The Balaban J connectivity index is 2.50. The van der Waals surface area contributed by atoms with E-state index in [1.807, 2.05) is 5.38 Å². The number of thiazole rings is 1. The van der Waals surface area contributed by atoms with E-state index in [9.17, 15) is 0 Å². The molecule has 0 radical (unpaired) electrons. The monoisotopic (exact) mass is 221 g/mol. The number of ether oxygens (including phenoxy) is 1. The van der Waals surface area contributed by atoms with Crippen LogP contribution in [0.4, 0.5) is 0 Å². The van der Waals surface area contributed by atoms with Crippen molar-refractivity contribution in [2.75, 3.05) is 13.7 Å². The van der Waals surface area contributed by atoms with E-state index >= 15 is 0 Å². The van der Waals surface area contributed by atoms with Gasteiger partial charge in [-0.25, -0.2) is 4.98 Å². The molecule has 0 spiro atoms. The fourth-order valence-electron chi connectivity index (χ4n) is 0.607. The van der Waals surface area contributed by atoms with Crippen LogP contribution >= 0.6 is 27.3 Å². The van der Waals surface area contributed by atoms with Gasteiger partial charge in [0.25, 0.3) is 0 Å². The normalized spacial score (nSPS) is 13.4. The molecule has 0 saturated heterocycles. The minimum Gasteiger partial charge on any atom is -0.383 e. The summed E-state index contributed by atoms with van der Waals surface area (Å²) >= 11 is 5.08. The van der Waals surface area contributed by atoms with Crippen molar-refractivity contribution < 1.29 is 4.74 Å². The van der Waals surface area contributed by atoms with Gasteiger partial charge < -0.3 is 4.74 Å². The molecule has 1 unspecified atom stereocenters. The summed E-state index contributed by atoms with van der Waals surface area (Å²) in [6.45, 7) is 0.674. The van der Waals surface area contributed by atoms with Crippen LogP contribution in [0.5, 0.6) is 0 Å². The molecule has 1 atom stereocenters. The topological polar surface area (TPSA) is 22.1 Å². The fraction of sp³-hybridized carbons (Fsp3) is 0.500. The van der Waals surface area contributed by atoms with Crippen LogP contribution in [-0.2, 0) is 4.74 Å². The smallest absolute Gasteiger partial charge is 0.108 e. The van der Waals surface area contributed by atoms with Gasteiger partial charge >= 0.3 is 0 Å². The number of rotatable bonds is 3. The van der Waals surface area contributed by atoms with Crippen LogP contribution in [0.25, 0.3) is 0 Å². The minimum absolute atomic E-state index is 0.248. The molecule has 0 aliphatic carbocycles. The summed E-state index contributed by atoms with van der Waals surface area (Å²) in [5.41, 5.74) is 0. The van der Waals surface area contributed by atoms with E-state index in [0.717, 1.165) is 5.01 Å². The summed E-state index contributed by atoms with van der Waals surface area (Å²) in [5, 5.41) is 3.03. The molecule has 0 aliphatic rings. The van der Waals surface area contributed by atoms with Gasteiger partial charge in [-0.15, -0.1) is 11.3 Å².